The van der Waals surface area contributed by atoms with E-state index in [0.29, 0.717) is 40.0 Å². The fraction of sp³-hybridized carbons (Fsp3) is 0.214. The van der Waals surface area contributed by atoms with Crippen LogP contribution in [-0.4, -0.2) is 55.2 Å². The molecule has 0 fully saturated rings. The summed E-state index contributed by atoms with van der Waals surface area (Å²) in [5.41, 5.74) is 3.06. The predicted molar refractivity (Wildman–Crippen MR) is 144 cm³/mol. The lowest BCUT2D eigenvalue weighted by Gasteiger charge is -2.17. The number of nitrogens with one attached hydrogen (secondary N) is 1. The van der Waals surface area contributed by atoms with Crippen molar-refractivity contribution in [2.75, 3.05) is 20.7 Å². The molecule has 0 aliphatic heterocycles. The Morgan fingerprint density at radius 2 is 1.73 bits per heavy atom. The van der Waals surface area contributed by atoms with Crippen molar-refractivity contribution in [1.82, 2.24) is 9.29 Å². The Labute approximate surface area is 216 Å². The first-order valence-electron chi connectivity index (χ1n) is 11.9. The molecule has 0 bridgehead atoms. The maximum atomic E-state index is 13.2. The topological polar surface area (TPSA) is 112 Å². The Hall–Kier alpha value is -3.95. The molecule has 4 aromatic rings. The number of aromatic amines is 1. The Kier molecular flexibility index (Phi) is 7.75. The zero-order chi connectivity index (χ0) is 26.6. The highest BCUT2D eigenvalue weighted by molar-refractivity contribution is 7.89. The molecule has 2 N–H and O–H groups in total. The van der Waals surface area contributed by atoms with Gasteiger partial charge in [0.15, 0.2) is 5.88 Å². The predicted octanol–water partition coefficient (Wildman–Crippen LogP) is 5.25. The molecule has 0 saturated carbocycles. The van der Waals surface area contributed by atoms with E-state index in [-0.39, 0.29) is 10.8 Å². The molecular weight excluding hydrogens is 490 g/mol. The van der Waals surface area contributed by atoms with Crippen molar-refractivity contribution >= 4 is 38.3 Å². The number of benzene rings is 3. The largest absolute Gasteiger partial charge is 0.494 e. The van der Waals surface area contributed by atoms with Crippen LogP contribution in [0.3, 0.4) is 0 Å². The number of aromatic hydroxyl groups is 1. The van der Waals surface area contributed by atoms with Gasteiger partial charge in [0, 0.05) is 30.1 Å². The number of fused-ring (bicyclic) bond motifs is 1. The van der Waals surface area contributed by atoms with Crippen molar-refractivity contribution in [3.8, 4) is 5.88 Å². The molecule has 1 aromatic heterocycles. The molecular formula is C28H29N3O5S. The summed E-state index contributed by atoms with van der Waals surface area (Å²) >= 11 is 0. The highest BCUT2D eigenvalue weighted by atomic mass is 32.2. The lowest BCUT2D eigenvalue weighted by atomic mass is 10.0. The number of methoxy groups -OCH3 is 1. The molecule has 0 radical (unpaired) electrons. The second-order valence-electron chi connectivity index (χ2n) is 8.60. The number of hydrogen-bond donors (Lipinski definition) is 2. The van der Waals surface area contributed by atoms with Crippen molar-refractivity contribution in [1.29, 1.82) is 0 Å². The van der Waals surface area contributed by atoms with Crippen LogP contribution in [0.25, 0.3) is 10.9 Å². The van der Waals surface area contributed by atoms with Crippen LogP contribution < -0.4 is 0 Å². The lowest BCUT2D eigenvalue weighted by molar-refractivity contribution is 0.0600. The van der Waals surface area contributed by atoms with Crippen LogP contribution in [0.15, 0.2) is 82.7 Å². The van der Waals surface area contributed by atoms with Crippen LogP contribution in [0.2, 0.25) is 0 Å². The molecule has 0 unspecified atom stereocenters. The minimum absolute atomic E-state index is 0.127. The number of H-pyrrole nitrogens is 1. The van der Waals surface area contributed by atoms with E-state index in [1.54, 1.807) is 43.4 Å². The first kappa shape index (κ1) is 26.1. The van der Waals surface area contributed by atoms with E-state index >= 15 is 0 Å². The van der Waals surface area contributed by atoms with Gasteiger partial charge in [0.2, 0.25) is 10.0 Å². The SMILES string of the molecule is CCCCN(C)S(=O)(=O)c1ccc2[nH]c(O)c(C(=Nc3ccc(C(=O)OC)cc3)c3ccccc3)c2c1. The number of esters is 1. The molecule has 4 rings (SSSR count). The van der Waals surface area contributed by atoms with Gasteiger partial charge < -0.3 is 14.8 Å². The molecule has 0 aliphatic carbocycles. The van der Waals surface area contributed by atoms with Crippen LogP contribution in [0.1, 0.15) is 41.3 Å². The number of unbranched alkanes of at least 4 members (excludes halogenated alkanes) is 1. The minimum Gasteiger partial charge on any atom is -0.494 e. The number of hydrogen-bond acceptors (Lipinski definition) is 6. The summed E-state index contributed by atoms with van der Waals surface area (Å²) in [6, 6.07) is 20.6. The Morgan fingerprint density at radius 3 is 2.38 bits per heavy atom. The van der Waals surface area contributed by atoms with E-state index in [2.05, 4.69) is 4.98 Å². The Morgan fingerprint density at radius 1 is 1.03 bits per heavy atom. The summed E-state index contributed by atoms with van der Waals surface area (Å²) in [6.45, 7) is 2.43. The molecule has 0 spiro atoms. The summed E-state index contributed by atoms with van der Waals surface area (Å²) < 4.78 is 32.6. The third-order valence-electron chi connectivity index (χ3n) is 6.10. The molecule has 8 nitrogen and oxygen atoms in total. The standard InChI is InChI=1S/C28H29N3O5S/c1-4-5-17-31(2)37(34,35)22-15-16-24-23(18-22)25(27(32)30-24)26(19-9-7-6-8-10-19)29-21-13-11-20(12-14-21)28(33)36-3/h6-16,18,30,32H,4-5,17H2,1-3H3. The van der Waals surface area contributed by atoms with Crippen LogP contribution in [0.4, 0.5) is 5.69 Å². The van der Waals surface area contributed by atoms with E-state index in [1.165, 1.54) is 17.5 Å². The molecule has 192 valence electrons. The highest BCUT2D eigenvalue weighted by Gasteiger charge is 2.24. The van der Waals surface area contributed by atoms with E-state index in [0.717, 1.165) is 18.4 Å². The third kappa shape index (κ3) is 5.42. The highest BCUT2D eigenvalue weighted by Crippen LogP contribution is 2.33. The fourth-order valence-electron chi connectivity index (χ4n) is 4.02. The maximum Gasteiger partial charge on any atom is 0.337 e. The Balaban J connectivity index is 1.88. The number of carbonyl (C=O) groups excluding carboxylic acids is 1. The van der Waals surface area contributed by atoms with Gasteiger partial charge in [-0.05, 0) is 48.9 Å². The average molecular weight is 520 g/mol. The van der Waals surface area contributed by atoms with Crippen molar-refractivity contribution in [3.63, 3.8) is 0 Å². The van der Waals surface area contributed by atoms with Gasteiger partial charge in [-0.1, -0.05) is 43.7 Å². The van der Waals surface area contributed by atoms with Crippen molar-refractivity contribution < 1.29 is 23.1 Å². The first-order chi connectivity index (χ1) is 17.8. The molecule has 9 heteroatoms. The smallest absolute Gasteiger partial charge is 0.337 e. The van der Waals surface area contributed by atoms with Crippen LogP contribution >= 0.6 is 0 Å². The summed E-state index contributed by atoms with van der Waals surface area (Å²) in [4.78, 5) is 19.7. The van der Waals surface area contributed by atoms with E-state index in [1.807, 2.05) is 37.3 Å². The number of ether oxygens (including phenoxy) is 1. The second-order valence-corrected chi connectivity index (χ2v) is 10.6. The van der Waals surface area contributed by atoms with E-state index in [4.69, 9.17) is 9.73 Å². The van der Waals surface area contributed by atoms with Crippen LogP contribution in [0.5, 0.6) is 5.88 Å². The summed E-state index contributed by atoms with van der Waals surface area (Å²) in [6.07, 6.45) is 1.64. The normalized spacial score (nSPS) is 12.3. The molecule has 0 saturated heterocycles. The number of aliphatic imine (C=N–C) groups is 1. The quantitative estimate of drug-likeness (QED) is 0.232. The summed E-state index contributed by atoms with van der Waals surface area (Å²) in [7, 11) is -0.835. The summed E-state index contributed by atoms with van der Waals surface area (Å²) in [5.74, 6) is -0.580. The van der Waals surface area contributed by atoms with E-state index in [9.17, 15) is 18.3 Å². The van der Waals surface area contributed by atoms with Gasteiger partial charge in [-0.2, -0.15) is 0 Å². The zero-order valence-electron chi connectivity index (χ0n) is 20.9. The van der Waals surface area contributed by atoms with Gasteiger partial charge in [0.1, 0.15) is 0 Å². The fourth-order valence-corrected chi connectivity index (χ4v) is 5.25. The number of carbonyl (C=O) groups is 1. The van der Waals surface area contributed by atoms with Gasteiger partial charge in [-0.3, -0.25) is 0 Å². The molecule has 0 amide bonds. The lowest BCUT2D eigenvalue weighted by Crippen LogP contribution is -2.27. The monoisotopic (exact) mass is 519 g/mol. The van der Waals surface area contributed by atoms with Gasteiger partial charge in [0.25, 0.3) is 0 Å². The number of sulfonamides is 1. The average Bonchev–Trinajstić information content (AvgIpc) is 3.25. The molecule has 37 heavy (non-hydrogen) atoms. The number of rotatable bonds is 9. The van der Waals surface area contributed by atoms with Crippen LogP contribution in [0, 0.1) is 0 Å². The van der Waals surface area contributed by atoms with Gasteiger partial charge in [0.05, 0.1) is 34.5 Å². The molecule has 0 atom stereocenters. The molecule has 0 aliphatic rings. The van der Waals surface area contributed by atoms with Gasteiger partial charge in [-0.25, -0.2) is 22.5 Å². The van der Waals surface area contributed by atoms with Crippen LogP contribution in [-0.2, 0) is 14.8 Å². The zero-order valence-corrected chi connectivity index (χ0v) is 21.7. The van der Waals surface area contributed by atoms with Crippen molar-refractivity contribution in [2.45, 2.75) is 24.7 Å². The minimum atomic E-state index is -3.72. The maximum absolute atomic E-state index is 13.2. The molecule has 1 heterocycles. The molecule has 3 aromatic carbocycles. The van der Waals surface area contributed by atoms with Crippen molar-refractivity contribution in [2.24, 2.45) is 4.99 Å². The van der Waals surface area contributed by atoms with E-state index < -0.39 is 16.0 Å². The first-order valence-corrected chi connectivity index (χ1v) is 13.3. The summed E-state index contributed by atoms with van der Waals surface area (Å²) in [5, 5.41) is 11.5. The van der Waals surface area contributed by atoms with Gasteiger partial charge >= 0.3 is 5.97 Å². The third-order valence-corrected chi connectivity index (χ3v) is 7.95. The van der Waals surface area contributed by atoms with Crippen molar-refractivity contribution in [3.05, 3.63) is 89.5 Å². The number of aromatic nitrogens is 1. The second kappa shape index (κ2) is 11.0. The number of nitrogens with zero attached hydrogens (tertiary/aromatic N) is 2. The van der Waals surface area contributed by atoms with Gasteiger partial charge in [-0.15, -0.1) is 0 Å². The Bertz CT molecular complexity index is 1540.